The van der Waals surface area contributed by atoms with Gasteiger partial charge in [-0.2, -0.15) is 0 Å². The summed E-state index contributed by atoms with van der Waals surface area (Å²) in [6.45, 7) is 2.45. The Morgan fingerprint density at radius 1 is 0.793 bits per heavy atom. The smallest absolute Gasteiger partial charge is 0.268 e. The Kier molecular flexibility index (Phi) is 4.49. The van der Waals surface area contributed by atoms with Crippen LogP contribution < -0.4 is 0 Å². The van der Waals surface area contributed by atoms with Gasteiger partial charge in [-0.05, 0) is 29.3 Å². The van der Waals surface area contributed by atoms with E-state index in [1.54, 1.807) is 28.2 Å². The van der Waals surface area contributed by atoms with Crippen molar-refractivity contribution in [1.82, 2.24) is 8.87 Å². The Morgan fingerprint density at radius 3 is 2.21 bits per heavy atom. The van der Waals surface area contributed by atoms with Gasteiger partial charge in [0.05, 0.1) is 10.4 Å². The summed E-state index contributed by atoms with van der Waals surface area (Å²) in [6.07, 6.45) is 0.711. The van der Waals surface area contributed by atoms with E-state index in [2.05, 4.69) is 29.2 Å². The molecule has 0 amide bonds. The standard InChI is InChI=1S/C24H22N2O2S/c27-29(28,20-11-5-2-6-12-20)26-23-14-8-7-13-21(23)22-18-25(16-15-24(22)26)17-19-9-3-1-4-10-19/h1-14H,15-18H2. The van der Waals surface area contributed by atoms with E-state index < -0.39 is 10.0 Å². The number of fused-ring (bicyclic) bond motifs is 3. The van der Waals surface area contributed by atoms with Crippen molar-refractivity contribution in [3.8, 4) is 0 Å². The van der Waals surface area contributed by atoms with Crippen molar-refractivity contribution >= 4 is 20.9 Å². The molecule has 29 heavy (non-hydrogen) atoms. The van der Waals surface area contributed by atoms with Crippen molar-refractivity contribution in [2.75, 3.05) is 6.54 Å². The van der Waals surface area contributed by atoms with Crippen molar-refractivity contribution in [3.63, 3.8) is 0 Å². The molecule has 0 saturated carbocycles. The van der Waals surface area contributed by atoms with Gasteiger partial charge in [0.1, 0.15) is 0 Å². The minimum absolute atomic E-state index is 0.329. The second-order valence-electron chi connectivity index (χ2n) is 7.47. The van der Waals surface area contributed by atoms with Crippen molar-refractivity contribution in [3.05, 3.63) is 102 Å². The molecule has 0 bridgehead atoms. The molecule has 0 spiro atoms. The molecule has 5 heteroatoms. The van der Waals surface area contributed by atoms with E-state index in [1.807, 2.05) is 36.4 Å². The van der Waals surface area contributed by atoms with Crippen LogP contribution >= 0.6 is 0 Å². The molecule has 4 aromatic rings. The first-order chi connectivity index (χ1) is 14.1. The summed E-state index contributed by atoms with van der Waals surface area (Å²) in [5.41, 5.74) is 4.08. The topological polar surface area (TPSA) is 42.3 Å². The molecule has 0 atom stereocenters. The van der Waals surface area contributed by atoms with Crippen molar-refractivity contribution in [2.24, 2.45) is 0 Å². The minimum Gasteiger partial charge on any atom is -0.294 e. The Hall–Kier alpha value is -2.89. The van der Waals surface area contributed by atoms with E-state index >= 15 is 0 Å². The van der Waals surface area contributed by atoms with Gasteiger partial charge in [0.15, 0.2) is 0 Å². The molecule has 2 heterocycles. The molecular formula is C24H22N2O2S. The van der Waals surface area contributed by atoms with E-state index in [0.717, 1.165) is 41.8 Å². The van der Waals surface area contributed by atoms with E-state index in [1.165, 1.54) is 5.56 Å². The average molecular weight is 403 g/mol. The van der Waals surface area contributed by atoms with E-state index in [0.29, 0.717) is 11.3 Å². The Balaban J connectivity index is 1.61. The first-order valence-electron chi connectivity index (χ1n) is 9.83. The fourth-order valence-corrected chi connectivity index (χ4v) is 5.90. The maximum absolute atomic E-state index is 13.5. The molecular weight excluding hydrogens is 380 g/mol. The molecule has 1 aromatic heterocycles. The molecule has 0 saturated heterocycles. The lowest BCUT2D eigenvalue weighted by Gasteiger charge is -2.28. The van der Waals surface area contributed by atoms with Gasteiger partial charge in [-0.25, -0.2) is 12.4 Å². The van der Waals surface area contributed by atoms with Gasteiger partial charge in [0.25, 0.3) is 10.0 Å². The van der Waals surface area contributed by atoms with Crippen LogP contribution in [-0.2, 0) is 29.5 Å². The average Bonchev–Trinajstić information content (AvgIpc) is 3.10. The summed E-state index contributed by atoms with van der Waals surface area (Å²) >= 11 is 0. The zero-order valence-corrected chi connectivity index (χ0v) is 16.8. The third-order valence-corrected chi connectivity index (χ3v) is 7.38. The van der Waals surface area contributed by atoms with Crippen molar-refractivity contribution in [1.29, 1.82) is 0 Å². The molecule has 1 aliphatic heterocycles. The SMILES string of the molecule is O=S(=O)(c1ccccc1)n1c2c(c3ccccc31)CN(Cc1ccccc1)CC2. The van der Waals surface area contributed by atoms with Gasteiger partial charge < -0.3 is 0 Å². The van der Waals surface area contributed by atoms with Crippen molar-refractivity contribution in [2.45, 2.75) is 24.4 Å². The largest absolute Gasteiger partial charge is 0.294 e. The number of para-hydroxylation sites is 1. The van der Waals surface area contributed by atoms with Gasteiger partial charge in [-0.1, -0.05) is 66.7 Å². The summed E-state index contributed by atoms with van der Waals surface area (Å²) in [5.74, 6) is 0. The minimum atomic E-state index is -3.64. The number of benzene rings is 3. The van der Waals surface area contributed by atoms with Gasteiger partial charge in [-0.15, -0.1) is 0 Å². The number of rotatable bonds is 4. The molecule has 0 unspecified atom stereocenters. The molecule has 3 aromatic carbocycles. The highest BCUT2D eigenvalue weighted by Crippen LogP contribution is 2.34. The fraction of sp³-hybridized carbons (Fsp3) is 0.167. The van der Waals surface area contributed by atoms with Gasteiger partial charge >= 0.3 is 0 Å². The van der Waals surface area contributed by atoms with E-state index in [9.17, 15) is 8.42 Å². The van der Waals surface area contributed by atoms with Crippen LogP contribution in [0.1, 0.15) is 16.8 Å². The molecule has 4 nitrogen and oxygen atoms in total. The lowest BCUT2D eigenvalue weighted by Crippen LogP contribution is -2.31. The Morgan fingerprint density at radius 2 is 1.45 bits per heavy atom. The van der Waals surface area contributed by atoms with Crippen LogP contribution in [0.5, 0.6) is 0 Å². The highest BCUT2D eigenvalue weighted by atomic mass is 32.2. The third kappa shape index (κ3) is 3.16. The van der Waals surface area contributed by atoms with E-state index in [4.69, 9.17) is 0 Å². The van der Waals surface area contributed by atoms with Crippen molar-refractivity contribution < 1.29 is 8.42 Å². The van der Waals surface area contributed by atoms with Crippen LogP contribution in [-0.4, -0.2) is 23.8 Å². The van der Waals surface area contributed by atoms with Gasteiger partial charge in [-0.3, -0.25) is 4.90 Å². The van der Waals surface area contributed by atoms with Crippen LogP contribution in [0.4, 0.5) is 0 Å². The number of hydrogen-bond acceptors (Lipinski definition) is 3. The Labute approximate surface area is 171 Å². The maximum Gasteiger partial charge on any atom is 0.268 e. The Bertz CT molecular complexity index is 1260. The first-order valence-corrected chi connectivity index (χ1v) is 11.3. The number of hydrogen-bond donors (Lipinski definition) is 0. The molecule has 0 aliphatic carbocycles. The summed E-state index contributed by atoms with van der Waals surface area (Å²) in [6, 6.07) is 27.0. The fourth-order valence-electron chi connectivity index (χ4n) is 4.27. The van der Waals surface area contributed by atoms with Crippen LogP contribution in [0, 0.1) is 0 Å². The summed E-state index contributed by atoms with van der Waals surface area (Å²) in [5, 5.41) is 1.03. The summed E-state index contributed by atoms with van der Waals surface area (Å²) in [4.78, 5) is 2.72. The number of nitrogens with zero attached hydrogens (tertiary/aromatic N) is 2. The maximum atomic E-state index is 13.5. The first kappa shape index (κ1) is 18.2. The zero-order chi connectivity index (χ0) is 19.8. The molecule has 0 radical (unpaired) electrons. The predicted molar refractivity (Wildman–Crippen MR) is 115 cm³/mol. The summed E-state index contributed by atoms with van der Waals surface area (Å²) in [7, 11) is -3.64. The van der Waals surface area contributed by atoms with E-state index in [-0.39, 0.29) is 0 Å². The lowest BCUT2D eigenvalue weighted by molar-refractivity contribution is 0.245. The highest BCUT2D eigenvalue weighted by molar-refractivity contribution is 7.90. The molecule has 5 rings (SSSR count). The molecule has 0 N–H and O–H groups in total. The predicted octanol–water partition coefficient (Wildman–Crippen LogP) is 4.44. The van der Waals surface area contributed by atoms with Crippen LogP contribution in [0.2, 0.25) is 0 Å². The van der Waals surface area contributed by atoms with Gasteiger partial charge in [0, 0.05) is 37.1 Å². The lowest BCUT2D eigenvalue weighted by atomic mass is 10.0. The van der Waals surface area contributed by atoms with Crippen LogP contribution in [0.25, 0.3) is 10.9 Å². The van der Waals surface area contributed by atoms with Crippen LogP contribution in [0.15, 0.2) is 89.8 Å². The second kappa shape index (κ2) is 7.17. The zero-order valence-electron chi connectivity index (χ0n) is 16.0. The molecule has 1 aliphatic rings. The quantitative estimate of drug-likeness (QED) is 0.507. The highest BCUT2D eigenvalue weighted by Gasteiger charge is 2.29. The monoisotopic (exact) mass is 402 g/mol. The molecule has 146 valence electrons. The summed E-state index contributed by atoms with van der Waals surface area (Å²) < 4.78 is 28.6. The van der Waals surface area contributed by atoms with Gasteiger partial charge in [0.2, 0.25) is 0 Å². The number of aromatic nitrogens is 1. The molecule has 0 fully saturated rings. The van der Waals surface area contributed by atoms with Crippen LogP contribution in [0.3, 0.4) is 0 Å². The second-order valence-corrected chi connectivity index (χ2v) is 9.26. The third-order valence-electron chi connectivity index (χ3n) is 5.62. The normalized spacial score (nSPS) is 14.8.